The van der Waals surface area contributed by atoms with Crippen molar-refractivity contribution in [2.75, 3.05) is 0 Å². The summed E-state index contributed by atoms with van der Waals surface area (Å²) in [6.07, 6.45) is 0.482. The maximum Gasteiger partial charge on any atom is 0.308 e. The first kappa shape index (κ1) is 17.2. The van der Waals surface area contributed by atoms with Crippen molar-refractivity contribution < 1.29 is 33.4 Å². The van der Waals surface area contributed by atoms with Gasteiger partial charge in [-0.15, -0.1) is 0 Å². The average molecular weight is 352 g/mol. The highest BCUT2D eigenvalue weighted by Crippen LogP contribution is 2.38. The van der Waals surface area contributed by atoms with Gasteiger partial charge < -0.3 is 9.47 Å². The minimum Gasteiger partial charge on any atom is -0.426 e. The largest absolute Gasteiger partial charge is 0.426 e. The van der Waals surface area contributed by atoms with Crippen LogP contribution in [0.5, 0.6) is 11.5 Å². The molecule has 1 aliphatic carbocycles. The number of ketones is 2. The highest BCUT2D eigenvalue weighted by molar-refractivity contribution is 6.30. The van der Waals surface area contributed by atoms with Gasteiger partial charge in [0.25, 0.3) is 0 Å². The lowest BCUT2D eigenvalue weighted by Gasteiger charge is -2.21. The van der Waals surface area contributed by atoms with Crippen molar-refractivity contribution in [3.63, 3.8) is 0 Å². The fourth-order valence-electron chi connectivity index (χ4n) is 2.82. The molecule has 0 unspecified atom stereocenters. The third-order valence-corrected chi connectivity index (χ3v) is 3.74. The molecule has 0 saturated carbocycles. The zero-order valence-electron chi connectivity index (χ0n) is 13.8. The van der Waals surface area contributed by atoms with E-state index in [4.69, 9.17) is 9.47 Å². The molecule has 7 nitrogen and oxygen atoms in total. The van der Waals surface area contributed by atoms with Crippen molar-refractivity contribution >= 4 is 29.8 Å². The number of fused-ring (bicyclic) bond motifs is 2. The van der Waals surface area contributed by atoms with E-state index in [2.05, 4.69) is 0 Å². The molecule has 1 aliphatic rings. The lowest BCUT2D eigenvalue weighted by Crippen LogP contribution is -2.24. The second-order valence-corrected chi connectivity index (χ2v) is 5.58. The number of carbonyl (C=O) groups is 5. The normalized spacial score (nSPS) is 12.1. The Morgan fingerprint density at radius 3 is 2.08 bits per heavy atom. The number of hydrogen-bond acceptors (Lipinski definition) is 7. The van der Waals surface area contributed by atoms with Crippen molar-refractivity contribution in [2.45, 2.75) is 13.8 Å². The number of hydrogen-bond donors (Lipinski definition) is 0. The van der Waals surface area contributed by atoms with Crippen molar-refractivity contribution in [2.24, 2.45) is 0 Å². The Hall–Kier alpha value is -3.61. The van der Waals surface area contributed by atoms with E-state index in [9.17, 15) is 24.0 Å². The summed E-state index contributed by atoms with van der Waals surface area (Å²) in [6, 6.07) is 6.75. The van der Waals surface area contributed by atoms with Crippen LogP contribution >= 0.6 is 0 Å². The fourth-order valence-corrected chi connectivity index (χ4v) is 2.82. The second-order valence-electron chi connectivity index (χ2n) is 5.58. The van der Waals surface area contributed by atoms with Gasteiger partial charge in [0.15, 0.2) is 5.78 Å². The first-order valence-corrected chi connectivity index (χ1v) is 7.56. The molecule has 0 saturated heterocycles. The average Bonchev–Trinajstić information content (AvgIpc) is 2.57. The molecule has 0 amide bonds. The first-order chi connectivity index (χ1) is 12.3. The number of esters is 2. The van der Waals surface area contributed by atoms with Gasteiger partial charge in [-0.1, -0.05) is 12.1 Å². The lowest BCUT2D eigenvalue weighted by molar-refractivity contribution is -0.132. The van der Waals surface area contributed by atoms with Crippen LogP contribution in [0.15, 0.2) is 30.3 Å². The summed E-state index contributed by atoms with van der Waals surface area (Å²) < 4.78 is 10.1. The Morgan fingerprint density at radius 2 is 1.46 bits per heavy atom. The van der Waals surface area contributed by atoms with Gasteiger partial charge in [0, 0.05) is 30.5 Å². The lowest BCUT2D eigenvalue weighted by atomic mass is 9.82. The van der Waals surface area contributed by atoms with Crippen LogP contribution in [0.25, 0.3) is 0 Å². The molecule has 0 fully saturated rings. The predicted molar refractivity (Wildman–Crippen MR) is 87.8 cm³/mol. The SMILES string of the molecule is CC(=O)Oc1cccc2c1C(=O)c1c(OC(C)=O)cc(C=O)cc1C2=O. The Kier molecular flexibility index (Phi) is 4.21. The Labute approximate surface area is 147 Å². The van der Waals surface area contributed by atoms with E-state index >= 15 is 0 Å². The van der Waals surface area contributed by atoms with Crippen molar-refractivity contribution in [1.82, 2.24) is 0 Å². The van der Waals surface area contributed by atoms with Crippen LogP contribution in [0.1, 0.15) is 56.0 Å². The van der Waals surface area contributed by atoms with Gasteiger partial charge in [0.05, 0.1) is 11.1 Å². The molecule has 0 bridgehead atoms. The summed E-state index contributed by atoms with van der Waals surface area (Å²) in [7, 11) is 0. The fraction of sp³-hybridized carbons (Fsp3) is 0.105. The Balaban J connectivity index is 2.29. The molecule has 26 heavy (non-hydrogen) atoms. The molecule has 7 heteroatoms. The van der Waals surface area contributed by atoms with Gasteiger partial charge in [-0.3, -0.25) is 24.0 Å². The summed E-state index contributed by atoms with van der Waals surface area (Å²) >= 11 is 0. The molecular formula is C19H12O7. The minimum absolute atomic E-state index is 0.0399. The number of rotatable bonds is 3. The Bertz CT molecular complexity index is 1000. The summed E-state index contributed by atoms with van der Waals surface area (Å²) in [6.45, 7) is 2.30. The monoisotopic (exact) mass is 352 g/mol. The summed E-state index contributed by atoms with van der Waals surface area (Å²) in [5, 5.41) is 0. The van der Waals surface area contributed by atoms with Gasteiger partial charge >= 0.3 is 11.9 Å². The smallest absolute Gasteiger partial charge is 0.308 e. The van der Waals surface area contributed by atoms with E-state index in [1.165, 1.54) is 37.3 Å². The molecule has 0 spiro atoms. The number of ether oxygens (including phenoxy) is 2. The van der Waals surface area contributed by atoms with Gasteiger partial charge in [0.2, 0.25) is 5.78 Å². The van der Waals surface area contributed by atoms with Gasteiger partial charge in [-0.05, 0) is 18.2 Å². The standard InChI is InChI=1S/C19H12O7/c1-9(21)25-14-5-3-4-12-16(14)19(24)17-13(18(12)23)6-11(8-20)7-15(17)26-10(2)22/h3-8H,1-2H3. The van der Waals surface area contributed by atoms with E-state index in [1.54, 1.807) is 0 Å². The van der Waals surface area contributed by atoms with Crippen molar-refractivity contribution in [3.8, 4) is 11.5 Å². The third-order valence-electron chi connectivity index (χ3n) is 3.74. The summed E-state index contributed by atoms with van der Waals surface area (Å²) in [5.74, 6) is -2.80. The van der Waals surface area contributed by atoms with Crippen LogP contribution in [0.2, 0.25) is 0 Å². The maximum absolute atomic E-state index is 13.0. The Morgan fingerprint density at radius 1 is 0.846 bits per heavy atom. The molecular weight excluding hydrogens is 340 g/mol. The van der Waals surface area contributed by atoms with Gasteiger partial charge in [-0.2, -0.15) is 0 Å². The summed E-state index contributed by atoms with van der Waals surface area (Å²) in [4.78, 5) is 59.7. The predicted octanol–water partition coefficient (Wildman–Crippen LogP) is 2.13. The third kappa shape index (κ3) is 2.79. The molecule has 130 valence electrons. The number of aldehydes is 1. The molecule has 0 radical (unpaired) electrons. The van der Waals surface area contributed by atoms with Crippen LogP contribution < -0.4 is 9.47 Å². The molecule has 0 N–H and O–H groups in total. The van der Waals surface area contributed by atoms with Crippen LogP contribution in [0.3, 0.4) is 0 Å². The molecule has 0 heterocycles. The second kappa shape index (κ2) is 6.36. The van der Waals surface area contributed by atoms with E-state index in [1.807, 2.05) is 0 Å². The van der Waals surface area contributed by atoms with Crippen LogP contribution in [0.4, 0.5) is 0 Å². The minimum atomic E-state index is -0.713. The van der Waals surface area contributed by atoms with E-state index in [-0.39, 0.29) is 39.3 Å². The highest BCUT2D eigenvalue weighted by atomic mass is 16.5. The number of benzene rings is 2. The summed E-state index contributed by atoms with van der Waals surface area (Å²) in [5.41, 5.74) is -0.169. The molecule has 0 aliphatic heterocycles. The van der Waals surface area contributed by atoms with E-state index in [0.717, 1.165) is 6.92 Å². The molecule has 0 atom stereocenters. The topological polar surface area (TPSA) is 104 Å². The zero-order chi connectivity index (χ0) is 19.0. The maximum atomic E-state index is 13.0. The molecule has 0 aromatic heterocycles. The zero-order valence-corrected chi connectivity index (χ0v) is 13.8. The quantitative estimate of drug-likeness (QED) is 0.404. The molecule has 2 aromatic carbocycles. The van der Waals surface area contributed by atoms with Crippen LogP contribution in [-0.2, 0) is 9.59 Å². The van der Waals surface area contributed by atoms with Crippen molar-refractivity contribution in [1.29, 1.82) is 0 Å². The molecule has 2 aromatic rings. The van der Waals surface area contributed by atoms with Crippen LogP contribution in [0, 0.1) is 0 Å². The highest BCUT2D eigenvalue weighted by Gasteiger charge is 2.36. The first-order valence-electron chi connectivity index (χ1n) is 7.56. The van der Waals surface area contributed by atoms with Crippen LogP contribution in [-0.4, -0.2) is 29.8 Å². The van der Waals surface area contributed by atoms with E-state index < -0.39 is 23.5 Å². The van der Waals surface area contributed by atoms with E-state index in [0.29, 0.717) is 6.29 Å². The van der Waals surface area contributed by atoms with Gasteiger partial charge in [0.1, 0.15) is 17.8 Å². The number of carbonyl (C=O) groups excluding carboxylic acids is 5. The molecule has 3 rings (SSSR count). The van der Waals surface area contributed by atoms with Crippen molar-refractivity contribution in [3.05, 3.63) is 58.1 Å². The van der Waals surface area contributed by atoms with Gasteiger partial charge in [-0.25, -0.2) is 0 Å².